The summed E-state index contributed by atoms with van der Waals surface area (Å²) < 4.78 is 0. The number of nitrogens with zero attached hydrogens (tertiary/aromatic N) is 1. The Kier molecular flexibility index (Phi) is 4.43. The fraction of sp³-hybridized carbons (Fsp3) is 0.286. The lowest BCUT2D eigenvalue weighted by atomic mass is 10.1. The summed E-state index contributed by atoms with van der Waals surface area (Å²) in [5.74, 6) is 0. The molecule has 2 atom stereocenters. The largest absolute Gasteiger partial charge is 0.383 e. The summed E-state index contributed by atoms with van der Waals surface area (Å²) in [4.78, 5) is 3.78. The zero-order valence-electron chi connectivity index (χ0n) is 6.54. The van der Waals surface area contributed by atoms with E-state index in [1.54, 1.807) is 18.2 Å². The van der Waals surface area contributed by atoms with Gasteiger partial charge < -0.3 is 15.5 Å². The van der Waals surface area contributed by atoms with Crippen molar-refractivity contribution in [2.24, 2.45) is 4.99 Å². The van der Waals surface area contributed by atoms with E-state index in [2.05, 4.69) is 10.3 Å². The summed E-state index contributed by atoms with van der Waals surface area (Å²) in [5, 5.41) is 21.0. The topological polar surface area (TPSA) is 64.9 Å². The van der Waals surface area contributed by atoms with Crippen LogP contribution in [0.3, 0.4) is 0 Å². The third-order valence-electron chi connectivity index (χ3n) is 1.66. The number of aliphatic hydroxyl groups excluding tert-OH is 2. The lowest BCUT2D eigenvalue weighted by Crippen LogP contribution is -2.25. The van der Waals surface area contributed by atoms with Crippen molar-refractivity contribution < 1.29 is 10.2 Å². The maximum atomic E-state index is 9.29. The Morgan fingerprint density at radius 2 is 2.00 bits per heavy atom. The highest BCUT2D eigenvalue weighted by Gasteiger charge is 2.25. The molecule has 0 saturated heterocycles. The number of fused-ring (bicyclic) bond motifs is 1. The van der Waals surface area contributed by atoms with Crippen molar-refractivity contribution in [3.05, 3.63) is 23.9 Å². The second-order valence-corrected chi connectivity index (χ2v) is 2.44. The van der Waals surface area contributed by atoms with Crippen LogP contribution in [0, 0.1) is 0 Å². The van der Waals surface area contributed by atoms with Crippen LogP contribution in [0.25, 0.3) is 0 Å². The highest BCUT2D eigenvalue weighted by molar-refractivity contribution is 6.06. The third-order valence-corrected chi connectivity index (χ3v) is 1.66. The van der Waals surface area contributed by atoms with Gasteiger partial charge in [-0.1, -0.05) is 12.2 Å². The van der Waals surface area contributed by atoms with Gasteiger partial charge in [-0.15, -0.1) is 24.8 Å². The molecule has 1 aliphatic heterocycles. The fourth-order valence-electron chi connectivity index (χ4n) is 1.16. The Balaban J connectivity index is 0.000000720. The highest BCUT2D eigenvalue weighted by Crippen LogP contribution is 2.14. The second-order valence-electron chi connectivity index (χ2n) is 2.44. The van der Waals surface area contributed by atoms with Crippen LogP contribution in [0.5, 0.6) is 0 Å². The lowest BCUT2D eigenvalue weighted by Gasteiger charge is -2.10. The summed E-state index contributed by atoms with van der Waals surface area (Å²) in [7, 11) is 0. The van der Waals surface area contributed by atoms with E-state index in [4.69, 9.17) is 5.11 Å². The first kappa shape index (κ1) is 12.4. The van der Waals surface area contributed by atoms with Gasteiger partial charge >= 0.3 is 0 Å². The standard InChI is InChI=1S/C7H8N2O2.2ClH/c10-5-3-1-2-4-6(5)9-7(11)8-4;;/h1-3,5,7-8,10-11H;2*1H. The Hall–Kier alpha value is -0.550. The monoisotopic (exact) mass is 224 g/mol. The van der Waals surface area contributed by atoms with Gasteiger partial charge in [-0.05, 0) is 6.08 Å². The molecule has 2 unspecified atom stereocenters. The molecule has 2 rings (SSSR count). The number of aliphatic hydroxyl groups is 2. The number of nitrogens with one attached hydrogen (secondary N) is 1. The van der Waals surface area contributed by atoms with Crippen molar-refractivity contribution in [2.45, 2.75) is 12.5 Å². The van der Waals surface area contributed by atoms with Crippen molar-refractivity contribution in [3.8, 4) is 0 Å². The maximum Gasteiger partial charge on any atom is 0.223 e. The van der Waals surface area contributed by atoms with Crippen LogP contribution in [0.4, 0.5) is 0 Å². The molecule has 0 bridgehead atoms. The molecule has 0 aromatic heterocycles. The predicted molar refractivity (Wildman–Crippen MR) is 54.3 cm³/mol. The van der Waals surface area contributed by atoms with Crippen LogP contribution in [0.2, 0.25) is 0 Å². The molecular weight excluding hydrogens is 215 g/mol. The van der Waals surface area contributed by atoms with Crippen LogP contribution in [0.1, 0.15) is 0 Å². The van der Waals surface area contributed by atoms with Crippen molar-refractivity contribution in [2.75, 3.05) is 0 Å². The Morgan fingerprint density at radius 1 is 1.31 bits per heavy atom. The van der Waals surface area contributed by atoms with Gasteiger partial charge in [0.1, 0.15) is 6.10 Å². The van der Waals surface area contributed by atoms with E-state index in [0.717, 1.165) is 0 Å². The third kappa shape index (κ3) is 2.22. The molecule has 13 heavy (non-hydrogen) atoms. The Morgan fingerprint density at radius 3 is 2.62 bits per heavy atom. The minimum absolute atomic E-state index is 0. The zero-order chi connectivity index (χ0) is 7.84. The minimum atomic E-state index is -0.897. The second kappa shape index (κ2) is 4.62. The van der Waals surface area contributed by atoms with Gasteiger partial charge in [0, 0.05) is 0 Å². The van der Waals surface area contributed by atoms with Gasteiger partial charge in [0.25, 0.3) is 0 Å². The predicted octanol–water partition coefficient (Wildman–Crippen LogP) is -0.0353. The van der Waals surface area contributed by atoms with Crippen LogP contribution in [-0.4, -0.2) is 28.4 Å². The van der Waals surface area contributed by atoms with Crippen molar-refractivity contribution in [1.29, 1.82) is 0 Å². The summed E-state index contributed by atoms with van der Waals surface area (Å²) in [6.07, 6.45) is 3.53. The molecule has 0 fully saturated rings. The normalized spacial score (nSPS) is 28.8. The van der Waals surface area contributed by atoms with E-state index in [1.165, 1.54) is 0 Å². The quantitative estimate of drug-likeness (QED) is 0.542. The van der Waals surface area contributed by atoms with Gasteiger partial charge in [-0.3, -0.25) is 0 Å². The van der Waals surface area contributed by atoms with E-state index in [1.807, 2.05) is 0 Å². The van der Waals surface area contributed by atoms with Gasteiger partial charge in [0.2, 0.25) is 6.35 Å². The van der Waals surface area contributed by atoms with Crippen LogP contribution >= 0.6 is 24.8 Å². The number of allylic oxidation sites excluding steroid dienone is 2. The zero-order valence-corrected chi connectivity index (χ0v) is 8.18. The molecular formula is C7H10Cl2N2O2. The molecule has 0 aromatic carbocycles. The minimum Gasteiger partial charge on any atom is -0.383 e. The van der Waals surface area contributed by atoms with Gasteiger partial charge in [0.15, 0.2) is 0 Å². The molecule has 0 radical (unpaired) electrons. The number of hydrogen-bond donors (Lipinski definition) is 3. The number of hydrogen-bond acceptors (Lipinski definition) is 4. The van der Waals surface area contributed by atoms with Crippen LogP contribution in [-0.2, 0) is 0 Å². The van der Waals surface area contributed by atoms with Crippen LogP contribution in [0.15, 0.2) is 28.9 Å². The summed E-state index contributed by atoms with van der Waals surface area (Å²) in [6, 6.07) is 0. The number of aliphatic imine (C=N–C) groups is 1. The Bertz CT molecular complexity index is 276. The van der Waals surface area contributed by atoms with E-state index in [9.17, 15) is 5.11 Å². The molecule has 2 aliphatic rings. The van der Waals surface area contributed by atoms with E-state index >= 15 is 0 Å². The van der Waals surface area contributed by atoms with Gasteiger partial charge in [-0.25, -0.2) is 4.99 Å². The summed E-state index contributed by atoms with van der Waals surface area (Å²) in [5.41, 5.74) is 1.22. The molecule has 1 aliphatic carbocycles. The first-order valence-corrected chi connectivity index (χ1v) is 3.36. The summed E-state index contributed by atoms with van der Waals surface area (Å²) >= 11 is 0. The maximum absolute atomic E-state index is 9.29. The van der Waals surface area contributed by atoms with Crippen LogP contribution < -0.4 is 5.32 Å². The van der Waals surface area contributed by atoms with Gasteiger partial charge in [-0.2, -0.15) is 0 Å². The van der Waals surface area contributed by atoms with Gasteiger partial charge in [0.05, 0.1) is 11.4 Å². The average molecular weight is 225 g/mol. The van der Waals surface area contributed by atoms with Crippen molar-refractivity contribution in [3.63, 3.8) is 0 Å². The molecule has 0 saturated carbocycles. The Labute approximate surface area is 87.9 Å². The number of halogens is 2. The number of rotatable bonds is 0. The first-order chi connectivity index (χ1) is 5.27. The molecule has 0 amide bonds. The van der Waals surface area contributed by atoms with E-state index < -0.39 is 12.5 Å². The smallest absolute Gasteiger partial charge is 0.223 e. The molecule has 6 heteroatoms. The summed E-state index contributed by atoms with van der Waals surface area (Å²) in [6.45, 7) is 0. The van der Waals surface area contributed by atoms with E-state index in [0.29, 0.717) is 11.4 Å². The molecule has 0 aromatic rings. The highest BCUT2D eigenvalue weighted by atomic mass is 35.5. The van der Waals surface area contributed by atoms with Crippen molar-refractivity contribution >= 4 is 30.5 Å². The SMILES string of the molecule is Cl.Cl.OC1N=C2C(=CC=CC2O)N1. The van der Waals surface area contributed by atoms with E-state index in [-0.39, 0.29) is 24.8 Å². The molecule has 1 heterocycles. The molecule has 4 nitrogen and oxygen atoms in total. The fourth-order valence-corrected chi connectivity index (χ4v) is 1.16. The molecule has 74 valence electrons. The molecule has 3 N–H and O–H groups in total. The lowest BCUT2D eigenvalue weighted by molar-refractivity contribution is 0.169. The molecule has 0 spiro atoms. The average Bonchev–Trinajstić information content (AvgIpc) is 2.31. The van der Waals surface area contributed by atoms with Crippen molar-refractivity contribution in [1.82, 2.24) is 5.32 Å². The first-order valence-electron chi connectivity index (χ1n) is 3.36.